The quantitative estimate of drug-likeness (QED) is 0.129. The van der Waals surface area contributed by atoms with E-state index < -0.39 is 14.2 Å². The number of pyridine rings is 2. The summed E-state index contributed by atoms with van der Waals surface area (Å²) in [5.74, 6) is 0.795. The van der Waals surface area contributed by atoms with Crippen LogP contribution in [0.4, 0.5) is 21.6 Å². The Morgan fingerprint density at radius 3 is 2.02 bits per heavy atom. The smallest absolute Gasteiger partial charge is 0.184 e. The lowest BCUT2D eigenvalue weighted by molar-refractivity contribution is 0.402. The van der Waals surface area contributed by atoms with Crippen LogP contribution in [0.1, 0.15) is 17.3 Å². The molecular formula is C51H33FN4SSi. The van der Waals surface area contributed by atoms with Crippen molar-refractivity contribution in [2.75, 3.05) is 4.90 Å². The second-order valence-corrected chi connectivity index (χ2v) is 19.8. The minimum Gasteiger partial charge on any atom is -0.299 e. The molecule has 0 radical (unpaired) electrons. The molecule has 58 heavy (non-hydrogen) atoms. The standard InChI is InChI=1S/C51H33FN4SSi/c52-49(33-22-24-37-38-17-7-9-19-41(38)55-30-29-54-51(55)40(37)31-33)34-23-26-45-42(32-34)56(47-21-11-12-28-53-47)50-46(27-25-44-48(50)39-18-8-10-20-43(39)57-44)58(45,35-13-3-1-4-14-35)36-15-5-2-6-16-36/h1-32,49H. The normalized spacial score (nSPS) is 14.0. The minimum atomic E-state index is -3.05. The Hall–Kier alpha value is -6.93. The molecule has 0 N–H and O–H groups in total. The van der Waals surface area contributed by atoms with Crippen LogP contribution in [0.3, 0.4) is 0 Å². The van der Waals surface area contributed by atoms with Crippen LogP contribution in [-0.4, -0.2) is 22.4 Å². The van der Waals surface area contributed by atoms with E-state index in [0.717, 1.165) is 44.5 Å². The summed E-state index contributed by atoms with van der Waals surface area (Å²) in [6.45, 7) is 0. The van der Waals surface area contributed by atoms with E-state index in [0.29, 0.717) is 11.1 Å². The number of hydrogen-bond acceptors (Lipinski definition) is 4. The molecule has 0 saturated heterocycles. The maximum atomic E-state index is 17.6. The van der Waals surface area contributed by atoms with Gasteiger partial charge in [-0.1, -0.05) is 133 Å². The van der Waals surface area contributed by atoms with Crippen LogP contribution in [0, 0.1) is 0 Å². The Labute approximate surface area is 338 Å². The molecule has 4 nitrogen and oxygen atoms in total. The molecule has 1 unspecified atom stereocenters. The van der Waals surface area contributed by atoms with Gasteiger partial charge in [0.05, 0.1) is 11.2 Å². The maximum Gasteiger partial charge on any atom is 0.184 e. The first-order valence-electron chi connectivity index (χ1n) is 19.5. The first-order chi connectivity index (χ1) is 28.7. The zero-order valence-corrected chi connectivity index (χ0v) is 32.9. The van der Waals surface area contributed by atoms with Crippen LogP contribution in [0.15, 0.2) is 195 Å². The summed E-state index contributed by atoms with van der Waals surface area (Å²) in [6, 6.07) is 62.1. The zero-order valence-electron chi connectivity index (χ0n) is 31.1. The molecule has 0 aliphatic carbocycles. The number of fused-ring (bicyclic) bond motifs is 12. The van der Waals surface area contributed by atoms with Crippen molar-refractivity contribution in [2.24, 2.45) is 0 Å². The Bertz CT molecular complexity index is 3340. The van der Waals surface area contributed by atoms with Gasteiger partial charge in [0, 0.05) is 55.2 Å². The molecule has 0 bridgehead atoms. The Balaban J connectivity index is 1.17. The van der Waals surface area contributed by atoms with Crippen molar-refractivity contribution >= 4 is 105 Å². The van der Waals surface area contributed by atoms with Gasteiger partial charge in [0.2, 0.25) is 0 Å². The lowest BCUT2D eigenvalue weighted by atomic mass is 9.97. The molecule has 1 atom stereocenters. The molecule has 4 aromatic heterocycles. The van der Waals surface area contributed by atoms with Crippen LogP contribution in [0.25, 0.3) is 47.5 Å². The molecular weight excluding hydrogens is 748 g/mol. The molecule has 1 aliphatic heterocycles. The van der Waals surface area contributed by atoms with Gasteiger partial charge in [-0.25, -0.2) is 14.4 Å². The zero-order chi connectivity index (χ0) is 38.4. The predicted molar refractivity (Wildman–Crippen MR) is 242 cm³/mol. The molecule has 12 rings (SSSR count). The first-order valence-corrected chi connectivity index (χ1v) is 22.3. The van der Waals surface area contributed by atoms with Gasteiger partial charge in [-0.3, -0.25) is 9.30 Å². The highest BCUT2D eigenvalue weighted by atomic mass is 32.1. The largest absolute Gasteiger partial charge is 0.299 e. The number of halogens is 1. The van der Waals surface area contributed by atoms with E-state index in [2.05, 4.69) is 149 Å². The van der Waals surface area contributed by atoms with Gasteiger partial charge in [0.1, 0.15) is 11.5 Å². The Morgan fingerprint density at radius 2 is 1.22 bits per heavy atom. The summed E-state index contributed by atoms with van der Waals surface area (Å²) in [4.78, 5) is 12.1. The van der Waals surface area contributed by atoms with E-state index in [9.17, 15) is 0 Å². The van der Waals surface area contributed by atoms with Crippen LogP contribution >= 0.6 is 11.3 Å². The van der Waals surface area contributed by atoms with Crippen LogP contribution < -0.4 is 25.6 Å². The third-order valence-corrected chi connectivity index (χ3v) is 18.0. The monoisotopic (exact) mass is 780 g/mol. The van der Waals surface area contributed by atoms with Crippen LogP contribution in [0.5, 0.6) is 0 Å². The summed E-state index contributed by atoms with van der Waals surface area (Å²) in [5, 5.41) is 10.5. The lowest BCUT2D eigenvalue weighted by Gasteiger charge is -2.45. The van der Waals surface area contributed by atoms with Gasteiger partial charge < -0.3 is 0 Å². The van der Waals surface area contributed by atoms with Crippen LogP contribution in [0.2, 0.25) is 0 Å². The van der Waals surface area contributed by atoms with Crippen molar-refractivity contribution < 1.29 is 4.39 Å². The second kappa shape index (κ2) is 12.8. The second-order valence-electron chi connectivity index (χ2n) is 15.0. The van der Waals surface area contributed by atoms with E-state index in [1.807, 2.05) is 66.3 Å². The third-order valence-electron chi connectivity index (χ3n) is 12.1. The summed E-state index contributed by atoms with van der Waals surface area (Å²) in [7, 11) is -3.05. The van der Waals surface area contributed by atoms with Crippen molar-refractivity contribution in [3.8, 4) is 0 Å². The average Bonchev–Trinajstić information content (AvgIpc) is 3.95. The highest BCUT2D eigenvalue weighted by Gasteiger charge is 2.50. The van der Waals surface area contributed by atoms with E-state index >= 15 is 4.39 Å². The highest BCUT2D eigenvalue weighted by molar-refractivity contribution is 7.26. The molecule has 0 fully saturated rings. The van der Waals surface area contributed by atoms with Gasteiger partial charge in [-0.05, 0) is 79.7 Å². The molecule has 5 heterocycles. The molecule has 0 amide bonds. The average molecular weight is 781 g/mol. The van der Waals surface area contributed by atoms with E-state index in [-0.39, 0.29) is 0 Å². The Kier molecular flexibility index (Phi) is 7.33. The van der Waals surface area contributed by atoms with E-state index in [1.54, 1.807) is 0 Å². The number of thiophene rings is 1. The van der Waals surface area contributed by atoms with Crippen molar-refractivity contribution in [3.63, 3.8) is 0 Å². The van der Waals surface area contributed by atoms with Gasteiger partial charge in [0.25, 0.3) is 0 Å². The lowest BCUT2D eigenvalue weighted by Crippen LogP contribution is -2.77. The summed E-state index contributed by atoms with van der Waals surface area (Å²) < 4.78 is 22.2. The Morgan fingerprint density at radius 1 is 0.534 bits per heavy atom. The molecule has 0 saturated carbocycles. The van der Waals surface area contributed by atoms with Gasteiger partial charge in [0.15, 0.2) is 14.2 Å². The number of anilines is 3. The van der Waals surface area contributed by atoms with Gasteiger partial charge >= 0.3 is 0 Å². The fourth-order valence-corrected chi connectivity index (χ4v) is 15.8. The number of alkyl halides is 1. The van der Waals surface area contributed by atoms with Crippen molar-refractivity contribution in [1.29, 1.82) is 0 Å². The maximum absolute atomic E-state index is 17.6. The molecule has 1 aliphatic rings. The van der Waals surface area contributed by atoms with Gasteiger partial charge in [-0.15, -0.1) is 11.3 Å². The molecule has 274 valence electrons. The molecule has 11 aromatic rings. The number of rotatable bonds is 5. The number of para-hydroxylation sites is 1. The highest BCUT2D eigenvalue weighted by Crippen LogP contribution is 2.47. The fourth-order valence-electron chi connectivity index (χ4n) is 9.64. The molecule has 7 aromatic carbocycles. The number of hydrogen-bond donors (Lipinski definition) is 0. The number of nitrogens with zero attached hydrogens (tertiary/aromatic N) is 4. The molecule has 7 heteroatoms. The van der Waals surface area contributed by atoms with E-state index in [4.69, 9.17) is 9.97 Å². The van der Waals surface area contributed by atoms with Gasteiger partial charge in [-0.2, -0.15) is 0 Å². The fraction of sp³-hybridized carbons (Fsp3) is 0.0196. The van der Waals surface area contributed by atoms with Crippen molar-refractivity contribution in [1.82, 2.24) is 14.4 Å². The molecule has 0 spiro atoms. The third kappa shape index (κ3) is 4.65. The summed E-state index contributed by atoms with van der Waals surface area (Å²) in [5.41, 5.74) is 5.15. The van der Waals surface area contributed by atoms with Crippen molar-refractivity contribution in [2.45, 2.75) is 6.17 Å². The van der Waals surface area contributed by atoms with Crippen molar-refractivity contribution in [3.05, 3.63) is 206 Å². The topological polar surface area (TPSA) is 33.4 Å². The SMILES string of the molecule is FC(c1ccc2c(c1)N(c1ccccn1)c1c(ccc3sc4ccccc4c13)[Si]2(c1ccccc1)c1ccccc1)c1ccc2c3ccccc3n3ccnc3c2c1. The minimum absolute atomic E-state index is 0.592. The number of imidazole rings is 1. The predicted octanol–water partition coefficient (Wildman–Crippen LogP) is 10.6. The summed E-state index contributed by atoms with van der Waals surface area (Å²) >= 11 is 1.81. The van der Waals surface area contributed by atoms with E-state index in [1.165, 1.54) is 40.9 Å². The number of benzene rings is 7. The first kappa shape index (κ1) is 33.2. The summed E-state index contributed by atoms with van der Waals surface area (Å²) in [6.07, 6.45) is 4.25. The number of aromatic nitrogens is 3. The van der Waals surface area contributed by atoms with Crippen LogP contribution in [-0.2, 0) is 0 Å².